The van der Waals surface area contributed by atoms with Crippen LogP contribution in [0.1, 0.15) is 65.0 Å². The Bertz CT molecular complexity index is 351. The molecule has 0 heterocycles. The molecule has 0 aliphatic carbocycles. The number of nitrogens with one attached hydrogen (secondary N) is 1. The predicted molar refractivity (Wildman–Crippen MR) is 80.7 cm³/mol. The van der Waals surface area contributed by atoms with Gasteiger partial charge in [-0.05, 0) is 36.1 Å². The van der Waals surface area contributed by atoms with Crippen LogP contribution in [0.2, 0.25) is 0 Å². The monoisotopic (exact) mass is 265 g/mol. The Morgan fingerprint density at radius 3 is 2.21 bits per heavy atom. The van der Waals surface area contributed by atoms with Crippen LogP contribution in [-0.4, -0.2) is 6.54 Å². The fourth-order valence-corrected chi connectivity index (χ4v) is 2.38. The molecule has 0 aliphatic rings. The minimum absolute atomic E-state index is 0.128. The van der Waals surface area contributed by atoms with Gasteiger partial charge in [-0.2, -0.15) is 0 Å². The Morgan fingerprint density at radius 1 is 1.05 bits per heavy atom. The van der Waals surface area contributed by atoms with Crippen molar-refractivity contribution in [2.75, 3.05) is 6.54 Å². The minimum atomic E-state index is -0.167. The summed E-state index contributed by atoms with van der Waals surface area (Å²) in [5.41, 5.74) is 1.30. The van der Waals surface area contributed by atoms with Crippen molar-refractivity contribution in [1.29, 1.82) is 0 Å². The molecule has 2 heteroatoms. The average molecular weight is 265 g/mol. The van der Waals surface area contributed by atoms with Gasteiger partial charge in [0.05, 0.1) is 0 Å². The van der Waals surface area contributed by atoms with E-state index in [1.807, 2.05) is 12.1 Å². The van der Waals surface area contributed by atoms with Crippen LogP contribution in [-0.2, 0) is 0 Å². The molecule has 0 bridgehead atoms. The van der Waals surface area contributed by atoms with Crippen LogP contribution < -0.4 is 5.32 Å². The molecule has 0 saturated heterocycles. The molecule has 0 aliphatic heterocycles. The molecule has 1 nitrogen and oxygen atoms in total. The zero-order valence-electron chi connectivity index (χ0n) is 12.8. The van der Waals surface area contributed by atoms with Crippen molar-refractivity contribution in [2.45, 2.75) is 59.4 Å². The molecule has 0 spiro atoms. The molecule has 0 fully saturated rings. The summed E-state index contributed by atoms with van der Waals surface area (Å²) < 4.78 is 13.0. The van der Waals surface area contributed by atoms with Gasteiger partial charge in [-0.3, -0.25) is 0 Å². The van der Waals surface area contributed by atoms with E-state index in [4.69, 9.17) is 0 Å². The van der Waals surface area contributed by atoms with Crippen LogP contribution in [0.4, 0.5) is 4.39 Å². The van der Waals surface area contributed by atoms with E-state index in [0.29, 0.717) is 0 Å². The first-order chi connectivity index (χ1) is 8.95. The van der Waals surface area contributed by atoms with Crippen LogP contribution in [0.15, 0.2) is 24.3 Å². The van der Waals surface area contributed by atoms with E-state index in [-0.39, 0.29) is 17.3 Å². The second-order valence-corrected chi connectivity index (χ2v) is 6.37. The molecule has 0 aromatic heterocycles. The molecule has 0 amide bonds. The Hall–Kier alpha value is -0.890. The van der Waals surface area contributed by atoms with E-state index in [9.17, 15) is 4.39 Å². The topological polar surface area (TPSA) is 12.0 Å². The molecule has 1 unspecified atom stereocenters. The third-order valence-corrected chi connectivity index (χ3v) is 3.45. The molecular formula is C17H28FN. The van der Waals surface area contributed by atoms with E-state index in [0.717, 1.165) is 6.54 Å². The maximum Gasteiger partial charge on any atom is 0.123 e. The highest BCUT2D eigenvalue weighted by Gasteiger charge is 2.25. The molecule has 0 radical (unpaired) electrons. The second kappa shape index (κ2) is 7.64. The zero-order chi connectivity index (χ0) is 14.3. The number of halogens is 1. The summed E-state index contributed by atoms with van der Waals surface area (Å²) in [5.74, 6) is -0.167. The van der Waals surface area contributed by atoms with Gasteiger partial charge in [0.15, 0.2) is 0 Å². The first kappa shape index (κ1) is 16.2. The Balaban J connectivity index is 2.60. The van der Waals surface area contributed by atoms with Crippen LogP contribution in [0, 0.1) is 11.2 Å². The first-order valence-electron chi connectivity index (χ1n) is 7.44. The average Bonchev–Trinajstić information content (AvgIpc) is 2.34. The van der Waals surface area contributed by atoms with Crippen molar-refractivity contribution in [3.63, 3.8) is 0 Å². The number of unbranched alkanes of at least 4 members (excludes halogenated alkanes) is 3. The van der Waals surface area contributed by atoms with Crippen molar-refractivity contribution >= 4 is 0 Å². The van der Waals surface area contributed by atoms with Crippen LogP contribution >= 0.6 is 0 Å². The highest BCUT2D eigenvalue weighted by molar-refractivity contribution is 5.21. The molecule has 1 aromatic rings. The standard InChI is InChI=1S/C17H28FN/c1-5-6-7-8-13-19-16(17(2,3)4)14-9-11-15(18)12-10-14/h9-12,16,19H,5-8,13H2,1-4H3. The summed E-state index contributed by atoms with van der Waals surface area (Å²) in [7, 11) is 0. The summed E-state index contributed by atoms with van der Waals surface area (Å²) in [6.45, 7) is 9.92. The second-order valence-electron chi connectivity index (χ2n) is 6.37. The van der Waals surface area contributed by atoms with Gasteiger partial charge >= 0.3 is 0 Å². The molecule has 1 rings (SSSR count). The third kappa shape index (κ3) is 5.73. The Kier molecular flexibility index (Phi) is 6.50. The quantitative estimate of drug-likeness (QED) is 0.678. The number of hydrogen-bond acceptors (Lipinski definition) is 1. The van der Waals surface area contributed by atoms with Gasteiger partial charge in [0.2, 0.25) is 0 Å². The van der Waals surface area contributed by atoms with Gasteiger partial charge < -0.3 is 5.32 Å². The SMILES string of the molecule is CCCCCCNC(c1ccc(F)cc1)C(C)(C)C. The highest BCUT2D eigenvalue weighted by Crippen LogP contribution is 2.32. The molecule has 0 saturated carbocycles. The predicted octanol–water partition coefficient (Wildman–Crippen LogP) is 5.08. The van der Waals surface area contributed by atoms with Gasteiger partial charge in [0.25, 0.3) is 0 Å². The lowest BCUT2D eigenvalue weighted by molar-refractivity contribution is 0.271. The fourth-order valence-electron chi connectivity index (χ4n) is 2.38. The molecular weight excluding hydrogens is 237 g/mol. The zero-order valence-corrected chi connectivity index (χ0v) is 12.8. The van der Waals surface area contributed by atoms with Crippen LogP contribution in [0.5, 0.6) is 0 Å². The van der Waals surface area contributed by atoms with Gasteiger partial charge in [0.1, 0.15) is 5.82 Å². The smallest absolute Gasteiger partial charge is 0.123 e. The summed E-state index contributed by atoms with van der Waals surface area (Å²) in [6.07, 6.45) is 5.06. The molecule has 1 aromatic carbocycles. The highest BCUT2D eigenvalue weighted by atomic mass is 19.1. The van der Waals surface area contributed by atoms with E-state index < -0.39 is 0 Å². The summed E-state index contributed by atoms with van der Waals surface area (Å²) >= 11 is 0. The number of hydrogen-bond donors (Lipinski definition) is 1. The first-order valence-corrected chi connectivity index (χ1v) is 7.44. The van der Waals surface area contributed by atoms with Crippen molar-refractivity contribution in [1.82, 2.24) is 5.32 Å². The van der Waals surface area contributed by atoms with Gasteiger partial charge in [-0.15, -0.1) is 0 Å². The van der Waals surface area contributed by atoms with Gasteiger partial charge in [0, 0.05) is 6.04 Å². The van der Waals surface area contributed by atoms with Crippen molar-refractivity contribution in [3.05, 3.63) is 35.6 Å². The molecule has 108 valence electrons. The Morgan fingerprint density at radius 2 is 1.68 bits per heavy atom. The fraction of sp³-hybridized carbons (Fsp3) is 0.647. The number of rotatable bonds is 7. The number of benzene rings is 1. The summed E-state index contributed by atoms with van der Waals surface area (Å²) in [4.78, 5) is 0. The minimum Gasteiger partial charge on any atom is -0.309 e. The van der Waals surface area contributed by atoms with Crippen LogP contribution in [0.3, 0.4) is 0 Å². The third-order valence-electron chi connectivity index (χ3n) is 3.45. The van der Waals surface area contributed by atoms with Crippen molar-refractivity contribution in [2.24, 2.45) is 5.41 Å². The Labute approximate surface area is 117 Å². The van der Waals surface area contributed by atoms with E-state index >= 15 is 0 Å². The normalized spacial score (nSPS) is 13.5. The molecule has 19 heavy (non-hydrogen) atoms. The van der Waals surface area contributed by atoms with Gasteiger partial charge in [-0.1, -0.05) is 59.1 Å². The van der Waals surface area contributed by atoms with Gasteiger partial charge in [-0.25, -0.2) is 4.39 Å². The maximum absolute atomic E-state index is 13.0. The van der Waals surface area contributed by atoms with Crippen LogP contribution in [0.25, 0.3) is 0 Å². The molecule has 1 atom stereocenters. The largest absolute Gasteiger partial charge is 0.309 e. The lowest BCUT2D eigenvalue weighted by Crippen LogP contribution is -2.33. The lowest BCUT2D eigenvalue weighted by atomic mass is 9.82. The van der Waals surface area contributed by atoms with Crippen molar-refractivity contribution < 1.29 is 4.39 Å². The molecule has 1 N–H and O–H groups in total. The van der Waals surface area contributed by atoms with E-state index in [1.165, 1.54) is 31.2 Å². The van der Waals surface area contributed by atoms with E-state index in [1.54, 1.807) is 12.1 Å². The van der Waals surface area contributed by atoms with Crippen molar-refractivity contribution in [3.8, 4) is 0 Å². The summed E-state index contributed by atoms with van der Waals surface area (Å²) in [5, 5.41) is 3.63. The lowest BCUT2D eigenvalue weighted by Gasteiger charge is -2.32. The maximum atomic E-state index is 13.0. The summed E-state index contributed by atoms with van der Waals surface area (Å²) in [6, 6.07) is 7.16. The van der Waals surface area contributed by atoms with E-state index in [2.05, 4.69) is 33.0 Å².